The van der Waals surface area contributed by atoms with Gasteiger partial charge in [0.1, 0.15) is 29.2 Å². The molecule has 190 valence electrons. The van der Waals surface area contributed by atoms with Gasteiger partial charge in [0.25, 0.3) is 0 Å². The second-order valence-corrected chi connectivity index (χ2v) is 8.88. The number of aromatic nitrogens is 1. The van der Waals surface area contributed by atoms with Crippen LogP contribution in [0.2, 0.25) is 0 Å². The lowest BCUT2D eigenvalue weighted by Crippen LogP contribution is -2.34. The number of halogens is 4. The Balaban J connectivity index is 1.14. The number of hydrogen-bond acceptors (Lipinski definition) is 5. The van der Waals surface area contributed by atoms with Crippen LogP contribution in [0.1, 0.15) is 29.0 Å². The van der Waals surface area contributed by atoms with Crippen LogP contribution in [0.4, 0.5) is 33.9 Å². The first kappa shape index (κ1) is 23.1. The van der Waals surface area contributed by atoms with Crippen LogP contribution < -0.4 is 25.4 Å². The van der Waals surface area contributed by atoms with E-state index in [4.69, 9.17) is 9.47 Å². The van der Waals surface area contributed by atoms with Crippen LogP contribution in [-0.2, 0) is 17.4 Å². The van der Waals surface area contributed by atoms with E-state index in [-0.39, 0.29) is 17.9 Å². The molecule has 3 aliphatic rings. The van der Waals surface area contributed by atoms with Gasteiger partial charge in [-0.3, -0.25) is 4.79 Å². The Labute approximate surface area is 207 Å². The summed E-state index contributed by atoms with van der Waals surface area (Å²) in [6.45, 7) is 0. The zero-order chi connectivity index (χ0) is 25.9. The molecule has 1 saturated carbocycles. The molecule has 0 spiro atoms. The summed E-state index contributed by atoms with van der Waals surface area (Å²) in [5.41, 5.74) is -0.446. The van der Waals surface area contributed by atoms with Gasteiger partial charge in [-0.2, -0.15) is 13.2 Å². The number of benzene rings is 2. The van der Waals surface area contributed by atoms with Crippen molar-refractivity contribution in [1.29, 1.82) is 0 Å². The molecule has 1 aromatic heterocycles. The maximum Gasteiger partial charge on any atom is 0.419 e. The number of carbonyl (C=O) groups is 2. The Bertz CT molecular complexity index is 1440. The molecule has 3 N–H and O–H groups in total. The van der Waals surface area contributed by atoms with Crippen LogP contribution in [0, 0.1) is 5.82 Å². The molecule has 6 rings (SSSR count). The van der Waals surface area contributed by atoms with Gasteiger partial charge < -0.3 is 25.4 Å². The van der Waals surface area contributed by atoms with Crippen molar-refractivity contribution in [3.63, 3.8) is 0 Å². The molecule has 3 atom stereocenters. The van der Waals surface area contributed by atoms with Crippen LogP contribution in [0.15, 0.2) is 48.7 Å². The summed E-state index contributed by atoms with van der Waals surface area (Å²) in [5.74, 6) is 0.332. The fraction of sp³-hybridized carbons (Fsp3) is 0.240. The minimum atomic E-state index is -4.88. The minimum absolute atomic E-state index is 0.107. The van der Waals surface area contributed by atoms with Gasteiger partial charge in [-0.25, -0.2) is 14.2 Å². The predicted octanol–water partition coefficient (Wildman–Crippen LogP) is 4.97. The van der Waals surface area contributed by atoms with Crippen molar-refractivity contribution in [3.05, 3.63) is 71.2 Å². The number of pyridine rings is 1. The number of amides is 3. The van der Waals surface area contributed by atoms with Gasteiger partial charge in [0.2, 0.25) is 5.91 Å². The van der Waals surface area contributed by atoms with Crippen molar-refractivity contribution in [2.24, 2.45) is 0 Å². The Morgan fingerprint density at radius 1 is 1.16 bits per heavy atom. The van der Waals surface area contributed by atoms with Gasteiger partial charge in [0.15, 0.2) is 5.82 Å². The molecule has 1 aliphatic carbocycles. The number of carbonyl (C=O) groups excluding carboxylic acids is 2. The van der Waals surface area contributed by atoms with E-state index in [1.54, 1.807) is 30.5 Å². The first-order valence-corrected chi connectivity index (χ1v) is 11.4. The highest BCUT2D eigenvalue weighted by Gasteiger charge is 2.59. The van der Waals surface area contributed by atoms with Crippen molar-refractivity contribution < 1.29 is 36.6 Å². The van der Waals surface area contributed by atoms with Crippen molar-refractivity contribution in [3.8, 4) is 17.2 Å². The van der Waals surface area contributed by atoms with E-state index >= 15 is 0 Å². The molecule has 3 unspecified atom stereocenters. The fourth-order valence-electron chi connectivity index (χ4n) is 4.71. The number of nitrogens with zero attached hydrogens (tertiary/aromatic N) is 1. The highest BCUT2D eigenvalue weighted by atomic mass is 19.4. The number of hydrogen-bond donors (Lipinski definition) is 3. The van der Waals surface area contributed by atoms with Crippen LogP contribution in [0.3, 0.4) is 0 Å². The molecule has 2 aliphatic heterocycles. The molecule has 0 radical (unpaired) electrons. The van der Waals surface area contributed by atoms with Gasteiger partial charge >= 0.3 is 12.2 Å². The number of rotatable bonds is 4. The molecule has 1 fully saturated rings. The number of anilines is 2. The van der Waals surface area contributed by atoms with Crippen LogP contribution in [0.5, 0.6) is 17.2 Å². The molecular weight excluding hydrogens is 496 g/mol. The minimum Gasteiger partial charge on any atom is -0.487 e. The smallest absolute Gasteiger partial charge is 0.419 e. The third-order valence-corrected chi connectivity index (χ3v) is 6.51. The second-order valence-electron chi connectivity index (χ2n) is 8.88. The van der Waals surface area contributed by atoms with E-state index < -0.39 is 35.3 Å². The summed E-state index contributed by atoms with van der Waals surface area (Å²) in [4.78, 5) is 28.2. The molecule has 12 heteroatoms. The lowest BCUT2D eigenvalue weighted by Gasteiger charge is -2.19. The maximum atomic E-state index is 14.2. The van der Waals surface area contributed by atoms with Gasteiger partial charge in [0, 0.05) is 23.7 Å². The largest absolute Gasteiger partial charge is 0.487 e. The zero-order valence-electron chi connectivity index (χ0n) is 18.9. The first-order chi connectivity index (χ1) is 17.7. The zero-order valence-corrected chi connectivity index (χ0v) is 18.9. The molecule has 37 heavy (non-hydrogen) atoms. The molecule has 3 heterocycles. The second kappa shape index (κ2) is 8.36. The molecule has 8 nitrogen and oxygen atoms in total. The highest BCUT2D eigenvalue weighted by Crippen LogP contribution is 2.54. The van der Waals surface area contributed by atoms with E-state index in [1.165, 1.54) is 0 Å². The Morgan fingerprint density at radius 2 is 2.00 bits per heavy atom. The number of fused-ring (bicyclic) bond motifs is 4. The summed E-state index contributed by atoms with van der Waals surface area (Å²) in [5, 5.41) is 7.50. The van der Waals surface area contributed by atoms with Crippen molar-refractivity contribution >= 4 is 23.4 Å². The molecule has 0 saturated heterocycles. The third-order valence-electron chi connectivity index (χ3n) is 6.51. The van der Waals surface area contributed by atoms with Crippen LogP contribution in [0.25, 0.3) is 0 Å². The SMILES string of the molecule is O=C1CCc2c(Oc3ccc4c(c3)C3C(NC(=O)Nc5cccc(C(F)(F)F)c5F)C3O4)ccnc2N1. The Kier molecular flexibility index (Phi) is 5.21. The van der Waals surface area contributed by atoms with Gasteiger partial charge in [0.05, 0.1) is 23.2 Å². The number of ether oxygens (including phenoxy) is 2. The van der Waals surface area contributed by atoms with Crippen molar-refractivity contribution in [2.75, 3.05) is 10.6 Å². The fourth-order valence-corrected chi connectivity index (χ4v) is 4.71. The topological polar surface area (TPSA) is 102 Å². The molecule has 0 bridgehead atoms. The number of urea groups is 1. The lowest BCUT2D eigenvalue weighted by molar-refractivity contribution is -0.139. The molecule has 3 aromatic rings. The van der Waals surface area contributed by atoms with E-state index in [0.29, 0.717) is 42.0 Å². The Morgan fingerprint density at radius 3 is 2.81 bits per heavy atom. The average molecular weight is 514 g/mol. The van der Waals surface area contributed by atoms with Crippen molar-refractivity contribution in [1.82, 2.24) is 10.3 Å². The molecular formula is C25H18F4N4O4. The van der Waals surface area contributed by atoms with Gasteiger partial charge in [-0.15, -0.1) is 0 Å². The lowest BCUT2D eigenvalue weighted by atomic mass is 10.1. The van der Waals surface area contributed by atoms with Gasteiger partial charge in [-0.05, 0) is 42.8 Å². The molecule has 2 aromatic carbocycles. The summed E-state index contributed by atoms with van der Waals surface area (Å²) in [7, 11) is 0. The summed E-state index contributed by atoms with van der Waals surface area (Å²) < 4.78 is 65.0. The number of nitrogens with one attached hydrogen (secondary N) is 3. The van der Waals surface area contributed by atoms with Crippen molar-refractivity contribution in [2.45, 2.75) is 37.1 Å². The maximum absolute atomic E-state index is 14.2. The van der Waals surface area contributed by atoms with Crippen LogP contribution >= 0.6 is 0 Å². The van der Waals surface area contributed by atoms with E-state index in [2.05, 4.69) is 20.9 Å². The predicted molar refractivity (Wildman–Crippen MR) is 122 cm³/mol. The van der Waals surface area contributed by atoms with E-state index in [0.717, 1.165) is 23.3 Å². The summed E-state index contributed by atoms with van der Waals surface area (Å²) >= 11 is 0. The van der Waals surface area contributed by atoms with Crippen LogP contribution in [-0.4, -0.2) is 29.1 Å². The monoisotopic (exact) mass is 514 g/mol. The third kappa shape index (κ3) is 4.17. The van der Waals surface area contributed by atoms with Gasteiger partial charge in [-0.1, -0.05) is 6.07 Å². The normalized spacial score (nSPS) is 21.1. The molecule has 3 amide bonds. The van der Waals surface area contributed by atoms with E-state index in [1.807, 2.05) is 0 Å². The first-order valence-electron chi connectivity index (χ1n) is 11.4. The van der Waals surface area contributed by atoms with E-state index in [9.17, 15) is 27.2 Å². The average Bonchev–Trinajstić information content (AvgIpc) is 3.35. The summed E-state index contributed by atoms with van der Waals surface area (Å²) in [6.07, 6.45) is -2.87. The highest BCUT2D eigenvalue weighted by molar-refractivity contribution is 5.93. The summed E-state index contributed by atoms with van der Waals surface area (Å²) in [6, 6.07) is 8.37. The quantitative estimate of drug-likeness (QED) is 0.427. The Hall–Kier alpha value is -4.35. The standard InChI is InChI=1S/C25H18F4N4O4/c26-20-14(25(27,28)29)2-1-3-15(20)31-24(35)33-21-19-13-10-11(4-6-16(13)37-22(19)21)36-17-8-9-30-23-12(17)5-7-18(34)32-23/h1-4,6,8-10,19,21-22H,5,7H2,(H,30,32,34)(H2,31,33,35). The number of alkyl halides is 3.